The average molecular weight is 500 g/mol. The summed E-state index contributed by atoms with van der Waals surface area (Å²) in [5.74, 6) is 0.807. The molecular formula is C27H28F3N3O3. The number of benzene rings is 2. The quantitative estimate of drug-likeness (QED) is 0.503. The minimum Gasteiger partial charge on any atom is -0.497 e. The van der Waals surface area contributed by atoms with Gasteiger partial charge in [0.25, 0.3) is 0 Å². The van der Waals surface area contributed by atoms with E-state index >= 15 is 0 Å². The number of nitrogens with zero attached hydrogens (tertiary/aromatic N) is 3. The maximum atomic E-state index is 13.7. The number of piperazine rings is 1. The van der Waals surface area contributed by atoms with E-state index in [4.69, 9.17) is 9.15 Å². The van der Waals surface area contributed by atoms with Gasteiger partial charge in [-0.15, -0.1) is 0 Å². The molecule has 2 atom stereocenters. The molecule has 3 aromatic rings. The van der Waals surface area contributed by atoms with Crippen molar-refractivity contribution in [2.24, 2.45) is 5.92 Å². The van der Waals surface area contributed by atoms with E-state index in [0.29, 0.717) is 37.5 Å². The van der Waals surface area contributed by atoms with E-state index in [0.717, 1.165) is 23.2 Å². The fraction of sp³-hybridized carbons (Fsp3) is 0.370. The first kappa shape index (κ1) is 24.1. The lowest BCUT2D eigenvalue weighted by atomic mass is 9.82. The lowest BCUT2D eigenvalue weighted by Crippen LogP contribution is -2.61. The predicted octanol–water partition coefficient (Wildman–Crippen LogP) is 4.83. The molecular weight excluding hydrogens is 471 g/mol. The van der Waals surface area contributed by atoms with Gasteiger partial charge in [-0.05, 0) is 66.6 Å². The molecule has 36 heavy (non-hydrogen) atoms. The van der Waals surface area contributed by atoms with Gasteiger partial charge in [0.15, 0.2) is 0 Å². The summed E-state index contributed by atoms with van der Waals surface area (Å²) < 4.78 is 51.1. The van der Waals surface area contributed by atoms with E-state index in [9.17, 15) is 18.0 Å². The van der Waals surface area contributed by atoms with Gasteiger partial charge in [0.05, 0.1) is 37.4 Å². The van der Waals surface area contributed by atoms with Crippen LogP contribution in [0.2, 0.25) is 0 Å². The number of hydrogen-bond acceptors (Lipinski definition) is 5. The molecule has 0 radical (unpaired) electrons. The Balaban J connectivity index is 1.46. The summed E-state index contributed by atoms with van der Waals surface area (Å²) in [7, 11) is 3.33. The Labute approximate surface area is 207 Å². The molecule has 3 heterocycles. The third kappa shape index (κ3) is 4.62. The number of fused-ring (bicyclic) bond motifs is 3. The van der Waals surface area contributed by atoms with Crippen LogP contribution < -0.4 is 14.5 Å². The molecule has 6 nitrogen and oxygen atoms in total. The summed E-state index contributed by atoms with van der Waals surface area (Å²) in [5.41, 5.74) is 1.67. The van der Waals surface area contributed by atoms with Gasteiger partial charge in [-0.25, -0.2) is 0 Å². The topological polar surface area (TPSA) is 49.2 Å². The first-order chi connectivity index (χ1) is 17.2. The van der Waals surface area contributed by atoms with Crippen LogP contribution in [0.5, 0.6) is 5.75 Å². The van der Waals surface area contributed by atoms with Crippen molar-refractivity contribution in [1.82, 2.24) is 4.90 Å². The number of alkyl halides is 3. The molecule has 1 amide bonds. The molecule has 1 fully saturated rings. The Kier molecular flexibility index (Phi) is 6.32. The molecule has 0 N–H and O–H groups in total. The Morgan fingerprint density at radius 1 is 1.14 bits per heavy atom. The average Bonchev–Trinajstić information content (AvgIpc) is 3.39. The number of rotatable bonds is 5. The number of amides is 1. The molecule has 190 valence electrons. The Morgan fingerprint density at radius 2 is 1.92 bits per heavy atom. The fourth-order valence-electron chi connectivity index (χ4n) is 5.31. The highest BCUT2D eigenvalue weighted by molar-refractivity contribution is 5.82. The third-order valence-corrected chi connectivity index (χ3v) is 7.14. The number of furan rings is 1. The van der Waals surface area contributed by atoms with E-state index in [2.05, 4.69) is 9.80 Å². The molecule has 2 aliphatic rings. The smallest absolute Gasteiger partial charge is 0.416 e. The van der Waals surface area contributed by atoms with Crippen molar-refractivity contribution in [2.75, 3.05) is 43.6 Å². The van der Waals surface area contributed by atoms with Crippen molar-refractivity contribution in [1.29, 1.82) is 0 Å². The Bertz CT molecular complexity index is 1210. The van der Waals surface area contributed by atoms with E-state index in [1.165, 1.54) is 6.07 Å². The van der Waals surface area contributed by atoms with Crippen LogP contribution in [0.15, 0.2) is 65.3 Å². The summed E-state index contributed by atoms with van der Waals surface area (Å²) in [6.07, 6.45) is -2.63. The number of halogens is 3. The number of carbonyl (C=O) groups excluding carboxylic acids is 1. The summed E-state index contributed by atoms with van der Waals surface area (Å²) in [4.78, 5) is 19.6. The molecule has 2 aromatic carbocycles. The number of carbonyl (C=O) groups is 1. The summed E-state index contributed by atoms with van der Waals surface area (Å²) in [6.45, 7) is 2.16. The Hall–Kier alpha value is -3.62. The van der Waals surface area contributed by atoms with Crippen LogP contribution in [0.4, 0.5) is 24.5 Å². The second-order valence-electron chi connectivity index (χ2n) is 9.33. The lowest BCUT2D eigenvalue weighted by molar-refractivity contribution is -0.137. The van der Waals surface area contributed by atoms with Gasteiger partial charge >= 0.3 is 6.18 Å². The normalized spacial score (nSPS) is 19.5. The molecule has 0 aliphatic carbocycles. The summed E-state index contributed by atoms with van der Waals surface area (Å²) in [6, 6.07) is 15.0. The molecule has 0 unspecified atom stereocenters. The number of ether oxygens (including phenoxy) is 1. The highest BCUT2D eigenvalue weighted by Crippen LogP contribution is 2.40. The first-order valence-corrected chi connectivity index (χ1v) is 11.9. The van der Waals surface area contributed by atoms with Crippen molar-refractivity contribution in [2.45, 2.75) is 25.2 Å². The summed E-state index contributed by atoms with van der Waals surface area (Å²) >= 11 is 0. The minimum atomic E-state index is -4.44. The van der Waals surface area contributed by atoms with Crippen molar-refractivity contribution in [3.8, 4) is 5.75 Å². The lowest BCUT2D eigenvalue weighted by Gasteiger charge is -2.50. The van der Waals surface area contributed by atoms with Gasteiger partial charge in [-0.1, -0.05) is 0 Å². The maximum absolute atomic E-state index is 13.7. The third-order valence-electron chi connectivity index (χ3n) is 7.14. The molecule has 2 aliphatic heterocycles. The number of hydrogen-bond donors (Lipinski definition) is 0. The monoisotopic (exact) mass is 499 g/mol. The van der Waals surface area contributed by atoms with Crippen LogP contribution in [0, 0.1) is 5.92 Å². The minimum absolute atomic E-state index is 0.110. The van der Waals surface area contributed by atoms with E-state index in [-0.39, 0.29) is 18.4 Å². The second-order valence-corrected chi connectivity index (χ2v) is 9.33. The molecule has 9 heteroatoms. The van der Waals surface area contributed by atoms with Gasteiger partial charge in [-0.2, -0.15) is 13.2 Å². The second kappa shape index (κ2) is 9.44. The van der Waals surface area contributed by atoms with Crippen LogP contribution >= 0.6 is 0 Å². The van der Waals surface area contributed by atoms with Crippen LogP contribution in [-0.2, 0) is 23.9 Å². The SMILES string of the molecule is COc1ccc(N2CCN3c4ccc(C(F)(F)F)cc4C[C@H](C(=O)N(C)Cc4ccco4)[C@H]3C2)cc1. The summed E-state index contributed by atoms with van der Waals surface area (Å²) in [5, 5.41) is 0. The molecule has 5 rings (SSSR count). The maximum Gasteiger partial charge on any atom is 0.416 e. The molecule has 0 saturated carbocycles. The van der Waals surface area contributed by atoms with Gasteiger partial charge in [0, 0.05) is 38.1 Å². The predicted molar refractivity (Wildman–Crippen MR) is 130 cm³/mol. The van der Waals surface area contributed by atoms with Crippen LogP contribution in [0.1, 0.15) is 16.9 Å². The van der Waals surface area contributed by atoms with Crippen molar-refractivity contribution in [3.05, 3.63) is 77.7 Å². The zero-order valence-electron chi connectivity index (χ0n) is 20.2. The standard InChI is InChI=1S/C27H28F3N3O3/c1-31(16-22-4-3-13-36-22)26(34)23-15-18-14-19(27(28,29)30)5-10-24(18)33-12-11-32(17-25(23)33)20-6-8-21(35-2)9-7-20/h3-10,13-14,23,25H,11-12,15-17H2,1-2H3/t23-,25+/m0/s1. The van der Waals surface area contributed by atoms with Gasteiger partial charge < -0.3 is 23.9 Å². The van der Waals surface area contributed by atoms with E-state index in [1.54, 1.807) is 43.5 Å². The van der Waals surface area contributed by atoms with E-state index in [1.807, 2.05) is 24.3 Å². The van der Waals surface area contributed by atoms with E-state index < -0.39 is 17.7 Å². The molecule has 0 spiro atoms. The van der Waals surface area contributed by atoms with Crippen LogP contribution in [0.3, 0.4) is 0 Å². The van der Waals surface area contributed by atoms with Crippen molar-refractivity contribution < 1.29 is 27.1 Å². The van der Waals surface area contributed by atoms with Gasteiger partial charge in [0.1, 0.15) is 11.5 Å². The zero-order chi connectivity index (χ0) is 25.4. The fourth-order valence-corrected chi connectivity index (χ4v) is 5.31. The zero-order valence-corrected chi connectivity index (χ0v) is 20.2. The highest BCUT2D eigenvalue weighted by Gasteiger charge is 2.43. The molecule has 0 bridgehead atoms. The van der Waals surface area contributed by atoms with Crippen LogP contribution in [-0.4, -0.2) is 50.6 Å². The van der Waals surface area contributed by atoms with Gasteiger partial charge in [0.2, 0.25) is 5.91 Å². The van der Waals surface area contributed by atoms with Crippen molar-refractivity contribution in [3.63, 3.8) is 0 Å². The molecule has 1 saturated heterocycles. The van der Waals surface area contributed by atoms with Crippen molar-refractivity contribution >= 4 is 17.3 Å². The van der Waals surface area contributed by atoms with Gasteiger partial charge in [-0.3, -0.25) is 4.79 Å². The number of methoxy groups -OCH3 is 1. The highest BCUT2D eigenvalue weighted by atomic mass is 19.4. The molecule has 1 aromatic heterocycles. The van der Waals surface area contributed by atoms with Crippen LogP contribution in [0.25, 0.3) is 0 Å². The Morgan fingerprint density at radius 3 is 2.58 bits per heavy atom. The first-order valence-electron chi connectivity index (χ1n) is 11.9. The largest absolute Gasteiger partial charge is 0.497 e. The number of anilines is 2.